The van der Waals surface area contributed by atoms with E-state index in [1.807, 2.05) is 12.2 Å². The summed E-state index contributed by atoms with van der Waals surface area (Å²) in [5, 5.41) is 16.1. The smallest absolute Gasteiger partial charge is 0.272 e. The summed E-state index contributed by atoms with van der Waals surface area (Å²) in [5.74, 6) is -0.552. The summed E-state index contributed by atoms with van der Waals surface area (Å²) in [6, 6.07) is 7.49. The number of nitrogens with one attached hydrogen (secondary N) is 1. The Labute approximate surface area is 127 Å². The van der Waals surface area contributed by atoms with E-state index in [2.05, 4.69) is 10.4 Å². The SMILES string of the molecule is O=C(N[C@@H]1C=C[C@H](CO)C1)c1ccn(-c2cccc(F)c2)n1. The quantitative estimate of drug-likeness (QED) is 0.844. The minimum Gasteiger partial charge on any atom is -0.396 e. The normalized spacial score (nSPS) is 20.3. The topological polar surface area (TPSA) is 67.2 Å². The fraction of sp³-hybridized carbons (Fsp3) is 0.250. The Hall–Kier alpha value is -2.47. The monoisotopic (exact) mass is 301 g/mol. The molecule has 0 spiro atoms. The van der Waals surface area contributed by atoms with Crippen molar-refractivity contribution in [3.8, 4) is 5.69 Å². The lowest BCUT2D eigenvalue weighted by atomic mass is 10.1. The third-order valence-corrected chi connectivity index (χ3v) is 3.62. The number of aromatic nitrogens is 2. The average Bonchev–Trinajstić information content (AvgIpc) is 3.16. The van der Waals surface area contributed by atoms with Crippen molar-refractivity contribution in [2.45, 2.75) is 12.5 Å². The van der Waals surface area contributed by atoms with Gasteiger partial charge in [0.15, 0.2) is 5.69 Å². The van der Waals surface area contributed by atoms with E-state index in [0.717, 1.165) is 0 Å². The van der Waals surface area contributed by atoms with Crippen LogP contribution in [-0.4, -0.2) is 33.4 Å². The average molecular weight is 301 g/mol. The van der Waals surface area contributed by atoms with Gasteiger partial charge >= 0.3 is 0 Å². The number of benzene rings is 1. The maximum absolute atomic E-state index is 13.2. The van der Waals surface area contributed by atoms with Crippen LogP contribution in [0.1, 0.15) is 16.9 Å². The summed E-state index contributed by atoms with van der Waals surface area (Å²) >= 11 is 0. The van der Waals surface area contributed by atoms with Gasteiger partial charge < -0.3 is 10.4 Å². The Morgan fingerprint density at radius 1 is 1.41 bits per heavy atom. The van der Waals surface area contributed by atoms with Crippen LogP contribution >= 0.6 is 0 Å². The lowest BCUT2D eigenvalue weighted by Crippen LogP contribution is -2.33. The zero-order chi connectivity index (χ0) is 15.5. The van der Waals surface area contributed by atoms with Gasteiger partial charge in [0, 0.05) is 24.8 Å². The van der Waals surface area contributed by atoms with Gasteiger partial charge in [0.1, 0.15) is 5.82 Å². The summed E-state index contributed by atoms with van der Waals surface area (Å²) in [6.45, 7) is 0.0804. The molecule has 1 heterocycles. The van der Waals surface area contributed by atoms with Crippen molar-refractivity contribution in [1.82, 2.24) is 15.1 Å². The van der Waals surface area contributed by atoms with E-state index in [-0.39, 0.29) is 36.0 Å². The van der Waals surface area contributed by atoms with E-state index < -0.39 is 0 Å². The van der Waals surface area contributed by atoms with Crippen LogP contribution in [0.2, 0.25) is 0 Å². The first-order valence-corrected chi connectivity index (χ1v) is 7.07. The highest BCUT2D eigenvalue weighted by atomic mass is 19.1. The first-order chi connectivity index (χ1) is 10.7. The Bertz CT molecular complexity index is 711. The van der Waals surface area contributed by atoms with Crippen LogP contribution in [0.25, 0.3) is 5.69 Å². The summed E-state index contributed by atoms with van der Waals surface area (Å²) in [4.78, 5) is 12.1. The molecule has 5 nitrogen and oxygen atoms in total. The van der Waals surface area contributed by atoms with Crippen molar-refractivity contribution >= 4 is 5.91 Å². The minimum atomic E-state index is -0.356. The van der Waals surface area contributed by atoms with Gasteiger partial charge in [-0.2, -0.15) is 5.10 Å². The van der Waals surface area contributed by atoms with Crippen molar-refractivity contribution in [3.05, 3.63) is 60.2 Å². The highest BCUT2D eigenvalue weighted by Crippen LogP contribution is 2.17. The van der Waals surface area contributed by atoms with Gasteiger partial charge in [0.2, 0.25) is 0 Å². The number of hydrogen-bond donors (Lipinski definition) is 2. The second kappa shape index (κ2) is 6.11. The molecule has 0 saturated heterocycles. The van der Waals surface area contributed by atoms with Gasteiger partial charge in [-0.3, -0.25) is 4.79 Å². The third kappa shape index (κ3) is 3.07. The third-order valence-electron chi connectivity index (χ3n) is 3.62. The zero-order valence-electron chi connectivity index (χ0n) is 11.8. The van der Waals surface area contributed by atoms with E-state index >= 15 is 0 Å². The Balaban J connectivity index is 1.69. The van der Waals surface area contributed by atoms with Crippen LogP contribution in [0, 0.1) is 11.7 Å². The largest absolute Gasteiger partial charge is 0.396 e. The Morgan fingerprint density at radius 2 is 2.27 bits per heavy atom. The molecular formula is C16H16FN3O2. The number of aliphatic hydroxyl groups is 1. The second-order valence-corrected chi connectivity index (χ2v) is 5.27. The summed E-state index contributed by atoms with van der Waals surface area (Å²) in [5.41, 5.74) is 0.824. The van der Waals surface area contributed by atoms with E-state index in [4.69, 9.17) is 5.11 Å². The molecule has 0 radical (unpaired) electrons. The molecule has 3 rings (SSSR count). The van der Waals surface area contributed by atoms with E-state index in [0.29, 0.717) is 12.1 Å². The molecule has 2 N–H and O–H groups in total. The molecule has 6 heteroatoms. The molecule has 2 aromatic rings. The van der Waals surface area contributed by atoms with Crippen LogP contribution in [-0.2, 0) is 0 Å². The van der Waals surface area contributed by atoms with E-state index in [1.165, 1.54) is 16.8 Å². The van der Waals surface area contributed by atoms with Crippen LogP contribution in [0.15, 0.2) is 48.7 Å². The number of carbonyl (C=O) groups excluding carboxylic acids is 1. The predicted molar refractivity (Wildman–Crippen MR) is 79.1 cm³/mol. The molecule has 1 amide bonds. The fourth-order valence-electron chi connectivity index (χ4n) is 2.47. The Kier molecular flexibility index (Phi) is 4.02. The molecule has 1 aliphatic carbocycles. The highest BCUT2D eigenvalue weighted by molar-refractivity contribution is 5.92. The number of halogens is 1. The lowest BCUT2D eigenvalue weighted by Gasteiger charge is -2.11. The van der Waals surface area contributed by atoms with Gasteiger partial charge in [-0.1, -0.05) is 18.2 Å². The van der Waals surface area contributed by atoms with Crippen molar-refractivity contribution in [3.63, 3.8) is 0 Å². The molecule has 0 aliphatic heterocycles. The molecule has 1 aromatic carbocycles. The standard InChI is InChI=1S/C16H16FN3O2/c17-12-2-1-3-14(9-12)20-7-6-15(19-20)16(22)18-13-5-4-11(8-13)10-21/h1-7,9,11,13,21H,8,10H2,(H,18,22)/t11-,13+/m0/s1. The number of amides is 1. The number of rotatable bonds is 4. The fourth-order valence-corrected chi connectivity index (χ4v) is 2.47. The van der Waals surface area contributed by atoms with Crippen molar-refractivity contribution < 1.29 is 14.3 Å². The first kappa shape index (κ1) is 14.5. The van der Waals surface area contributed by atoms with E-state index in [9.17, 15) is 9.18 Å². The maximum Gasteiger partial charge on any atom is 0.272 e. The molecule has 0 unspecified atom stereocenters. The van der Waals surface area contributed by atoms with Gasteiger partial charge in [-0.15, -0.1) is 0 Å². The van der Waals surface area contributed by atoms with Gasteiger partial charge in [0.25, 0.3) is 5.91 Å². The molecular weight excluding hydrogens is 285 g/mol. The molecule has 0 bridgehead atoms. The molecule has 2 atom stereocenters. The number of hydrogen-bond acceptors (Lipinski definition) is 3. The van der Waals surface area contributed by atoms with Gasteiger partial charge in [0.05, 0.1) is 5.69 Å². The van der Waals surface area contributed by atoms with Crippen LogP contribution in [0.4, 0.5) is 4.39 Å². The van der Waals surface area contributed by atoms with E-state index in [1.54, 1.807) is 24.4 Å². The molecule has 114 valence electrons. The van der Waals surface area contributed by atoms with Crippen LogP contribution < -0.4 is 5.32 Å². The summed E-state index contributed by atoms with van der Waals surface area (Å²) in [7, 11) is 0. The number of carbonyl (C=O) groups is 1. The minimum absolute atomic E-state index is 0.0804. The molecule has 1 aliphatic rings. The van der Waals surface area contributed by atoms with Crippen molar-refractivity contribution in [2.75, 3.05) is 6.61 Å². The van der Waals surface area contributed by atoms with Gasteiger partial charge in [-0.05, 0) is 30.7 Å². The lowest BCUT2D eigenvalue weighted by molar-refractivity contribution is 0.0935. The molecule has 0 saturated carbocycles. The summed E-state index contributed by atoms with van der Waals surface area (Å²) in [6.07, 6.45) is 6.08. The number of aliphatic hydroxyl groups excluding tert-OH is 1. The van der Waals surface area contributed by atoms with Crippen LogP contribution in [0.5, 0.6) is 0 Å². The van der Waals surface area contributed by atoms with Crippen molar-refractivity contribution in [1.29, 1.82) is 0 Å². The molecule has 1 aromatic heterocycles. The first-order valence-electron chi connectivity index (χ1n) is 7.07. The zero-order valence-corrected chi connectivity index (χ0v) is 11.8. The second-order valence-electron chi connectivity index (χ2n) is 5.27. The maximum atomic E-state index is 13.2. The highest BCUT2D eigenvalue weighted by Gasteiger charge is 2.21. The van der Waals surface area contributed by atoms with Crippen LogP contribution in [0.3, 0.4) is 0 Å². The number of nitrogens with zero attached hydrogens (tertiary/aromatic N) is 2. The predicted octanol–water partition coefficient (Wildman–Crippen LogP) is 1.68. The summed E-state index contributed by atoms with van der Waals surface area (Å²) < 4.78 is 14.7. The Morgan fingerprint density at radius 3 is 3.00 bits per heavy atom. The van der Waals surface area contributed by atoms with Crippen molar-refractivity contribution in [2.24, 2.45) is 5.92 Å². The molecule has 0 fully saturated rings. The van der Waals surface area contributed by atoms with Gasteiger partial charge in [-0.25, -0.2) is 9.07 Å². The molecule has 22 heavy (non-hydrogen) atoms.